The van der Waals surface area contributed by atoms with Crippen molar-refractivity contribution < 1.29 is 0 Å². The van der Waals surface area contributed by atoms with Crippen LogP contribution < -0.4 is 5.32 Å². The molecule has 0 radical (unpaired) electrons. The van der Waals surface area contributed by atoms with Crippen LogP contribution in [0.2, 0.25) is 0 Å². The maximum atomic E-state index is 3.72. The van der Waals surface area contributed by atoms with E-state index in [1.54, 1.807) is 0 Å². The lowest BCUT2D eigenvalue weighted by molar-refractivity contribution is 0.590. The third-order valence-corrected chi connectivity index (χ3v) is 5.25. The lowest BCUT2D eigenvalue weighted by atomic mass is 9.87. The zero-order valence-corrected chi connectivity index (χ0v) is 17.3. The molecular weight excluding hydrogens is 350 g/mol. The zero-order chi connectivity index (χ0) is 20.3. The van der Waals surface area contributed by atoms with Gasteiger partial charge in [0.1, 0.15) is 0 Å². The Hall–Kier alpha value is -3.32. The topological polar surface area (TPSA) is 12.0 Å². The molecule has 1 nitrogen and oxygen atoms in total. The largest absolute Gasteiger partial charge is 0.355 e. The van der Waals surface area contributed by atoms with Crippen LogP contribution >= 0.6 is 0 Å². The molecule has 29 heavy (non-hydrogen) atoms. The van der Waals surface area contributed by atoms with Crippen LogP contribution in [-0.4, -0.2) is 0 Å². The van der Waals surface area contributed by atoms with Gasteiger partial charge in [-0.3, -0.25) is 0 Å². The van der Waals surface area contributed by atoms with Gasteiger partial charge in [-0.05, 0) is 34.2 Å². The van der Waals surface area contributed by atoms with Crippen molar-refractivity contribution in [2.45, 2.75) is 26.2 Å². The van der Waals surface area contributed by atoms with Crippen LogP contribution in [0.15, 0.2) is 103 Å². The van der Waals surface area contributed by atoms with E-state index < -0.39 is 0 Å². The van der Waals surface area contributed by atoms with Gasteiger partial charge in [-0.1, -0.05) is 112 Å². The Labute approximate surface area is 174 Å². The van der Waals surface area contributed by atoms with Crippen LogP contribution in [0.4, 0.5) is 11.4 Å². The minimum Gasteiger partial charge on any atom is -0.355 e. The van der Waals surface area contributed by atoms with E-state index in [0.717, 1.165) is 11.4 Å². The highest BCUT2D eigenvalue weighted by Gasteiger charge is 2.15. The quantitative estimate of drug-likeness (QED) is 0.379. The summed E-state index contributed by atoms with van der Waals surface area (Å²) in [6.07, 6.45) is 0. The van der Waals surface area contributed by atoms with E-state index in [0.29, 0.717) is 0 Å². The standard InChI is InChI=1S/C28H27N/c1-28(2,3)23-17-19-24(20-18-23)29-27-25(21-11-6-4-7-12-21)15-10-16-26(27)22-13-8-5-9-14-22/h4-20,29H,1-3H3. The zero-order valence-electron chi connectivity index (χ0n) is 17.3. The molecule has 1 N–H and O–H groups in total. The third-order valence-electron chi connectivity index (χ3n) is 5.25. The number of para-hydroxylation sites is 1. The molecule has 0 aromatic heterocycles. The Kier molecular flexibility index (Phi) is 5.22. The average Bonchev–Trinajstić information content (AvgIpc) is 2.75. The summed E-state index contributed by atoms with van der Waals surface area (Å²) in [5, 5.41) is 3.72. The maximum absolute atomic E-state index is 3.72. The molecular formula is C28H27N. The number of hydrogen-bond donors (Lipinski definition) is 1. The monoisotopic (exact) mass is 377 g/mol. The highest BCUT2D eigenvalue weighted by atomic mass is 14.9. The third kappa shape index (κ3) is 4.25. The van der Waals surface area contributed by atoms with Crippen LogP contribution in [0.3, 0.4) is 0 Å². The Morgan fingerprint density at radius 1 is 0.517 bits per heavy atom. The van der Waals surface area contributed by atoms with Crippen molar-refractivity contribution in [3.63, 3.8) is 0 Å². The first-order chi connectivity index (χ1) is 14.0. The summed E-state index contributed by atoms with van der Waals surface area (Å²) in [5.74, 6) is 0. The summed E-state index contributed by atoms with van der Waals surface area (Å²) in [4.78, 5) is 0. The summed E-state index contributed by atoms with van der Waals surface area (Å²) in [5.41, 5.74) is 8.53. The van der Waals surface area contributed by atoms with Crippen molar-refractivity contribution >= 4 is 11.4 Å². The van der Waals surface area contributed by atoms with Gasteiger partial charge in [0.25, 0.3) is 0 Å². The predicted molar refractivity (Wildman–Crippen MR) is 126 cm³/mol. The first-order valence-corrected chi connectivity index (χ1v) is 10.1. The van der Waals surface area contributed by atoms with Crippen molar-refractivity contribution in [3.05, 3.63) is 109 Å². The molecule has 0 bridgehead atoms. The van der Waals surface area contributed by atoms with Gasteiger partial charge in [0, 0.05) is 16.8 Å². The van der Waals surface area contributed by atoms with Crippen molar-refractivity contribution in [3.8, 4) is 22.3 Å². The van der Waals surface area contributed by atoms with E-state index in [9.17, 15) is 0 Å². The van der Waals surface area contributed by atoms with E-state index in [-0.39, 0.29) is 5.41 Å². The average molecular weight is 378 g/mol. The molecule has 0 heterocycles. The number of anilines is 2. The van der Waals surface area contributed by atoms with Crippen molar-refractivity contribution in [1.82, 2.24) is 0 Å². The molecule has 1 heteroatoms. The van der Waals surface area contributed by atoms with Crippen LogP contribution in [0.1, 0.15) is 26.3 Å². The SMILES string of the molecule is CC(C)(C)c1ccc(Nc2c(-c3ccccc3)cccc2-c2ccccc2)cc1. The number of hydrogen-bond acceptors (Lipinski definition) is 1. The molecule has 144 valence electrons. The molecule has 0 saturated heterocycles. The summed E-state index contributed by atoms with van der Waals surface area (Å²) in [6, 6.07) is 36.4. The second-order valence-corrected chi connectivity index (χ2v) is 8.41. The molecule has 0 saturated carbocycles. The van der Waals surface area contributed by atoms with Crippen molar-refractivity contribution in [2.24, 2.45) is 0 Å². The number of nitrogens with one attached hydrogen (secondary N) is 1. The van der Waals surface area contributed by atoms with E-state index in [2.05, 4.69) is 129 Å². The molecule has 4 aromatic carbocycles. The molecule has 0 atom stereocenters. The van der Waals surface area contributed by atoms with Gasteiger partial charge >= 0.3 is 0 Å². The van der Waals surface area contributed by atoms with Crippen molar-refractivity contribution in [2.75, 3.05) is 5.32 Å². The molecule has 4 aromatic rings. The van der Waals surface area contributed by atoms with E-state index >= 15 is 0 Å². The smallest absolute Gasteiger partial charge is 0.0543 e. The van der Waals surface area contributed by atoms with Crippen LogP contribution in [-0.2, 0) is 5.41 Å². The minimum atomic E-state index is 0.148. The second-order valence-electron chi connectivity index (χ2n) is 8.41. The summed E-state index contributed by atoms with van der Waals surface area (Å²) < 4.78 is 0. The fraction of sp³-hybridized carbons (Fsp3) is 0.143. The number of benzene rings is 4. The van der Waals surface area contributed by atoms with Gasteiger partial charge in [0.2, 0.25) is 0 Å². The van der Waals surface area contributed by atoms with Gasteiger partial charge in [0.05, 0.1) is 5.69 Å². The molecule has 0 aliphatic heterocycles. The van der Waals surface area contributed by atoms with E-state index in [1.165, 1.54) is 27.8 Å². The Balaban J connectivity index is 1.82. The van der Waals surface area contributed by atoms with Gasteiger partial charge in [0.15, 0.2) is 0 Å². The lowest BCUT2D eigenvalue weighted by Crippen LogP contribution is -2.10. The van der Waals surface area contributed by atoms with E-state index in [4.69, 9.17) is 0 Å². The van der Waals surface area contributed by atoms with Crippen molar-refractivity contribution in [1.29, 1.82) is 0 Å². The Morgan fingerprint density at radius 3 is 1.45 bits per heavy atom. The summed E-state index contributed by atoms with van der Waals surface area (Å²) in [6.45, 7) is 6.73. The molecule has 0 aliphatic rings. The van der Waals surface area contributed by atoms with Gasteiger partial charge in [-0.2, -0.15) is 0 Å². The minimum absolute atomic E-state index is 0.148. The first-order valence-electron chi connectivity index (χ1n) is 10.1. The molecule has 0 fully saturated rings. The fourth-order valence-electron chi connectivity index (χ4n) is 3.60. The summed E-state index contributed by atoms with van der Waals surface area (Å²) in [7, 11) is 0. The van der Waals surface area contributed by atoms with Gasteiger partial charge < -0.3 is 5.32 Å². The lowest BCUT2D eigenvalue weighted by Gasteiger charge is -2.21. The van der Waals surface area contributed by atoms with Crippen LogP contribution in [0, 0.1) is 0 Å². The van der Waals surface area contributed by atoms with Crippen LogP contribution in [0.25, 0.3) is 22.3 Å². The van der Waals surface area contributed by atoms with Crippen LogP contribution in [0.5, 0.6) is 0 Å². The Morgan fingerprint density at radius 2 is 1.00 bits per heavy atom. The first kappa shape index (κ1) is 19.0. The fourth-order valence-corrected chi connectivity index (χ4v) is 3.60. The number of rotatable bonds is 4. The molecule has 0 unspecified atom stereocenters. The van der Waals surface area contributed by atoms with E-state index in [1.807, 2.05) is 0 Å². The predicted octanol–water partition coefficient (Wildman–Crippen LogP) is 8.06. The molecule has 0 spiro atoms. The molecule has 0 amide bonds. The highest BCUT2D eigenvalue weighted by molar-refractivity contribution is 5.92. The molecule has 4 rings (SSSR count). The second kappa shape index (κ2) is 7.97. The molecule has 0 aliphatic carbocycles. The normalized spacial score (nSPS) is 11.3. The van der Waals surface area contributed by atoms with Gasteiger partial charge in [-0.15, -0.1) is 0 Å². The van der Waals surface area contributed by atoms with Gasteiger partial charge in [-0.25, -0.2) is 0 Å². The summed E-state index contributed by atoms with van der Waals surface area (Å²) >= 11 is 0. The highest BCUT2D eigenvalue weighted by Crippen LogP contribution is 2.39. The maximum Gasteiger partial charge on any atom is 0.0543 e. The Bertz CT molecular complexity index is 1010.